The zero-order chi connectivity index (χ0) is 21.3. The Morgan fingerprint density at radius 2 is 2.07 bits per heavy atom. The molecule has 0 bridgehead atoms. The molecule has 0 spiro atoms. The molecule has 0 saturated carbocycles. The highest BCUT2D eigenvalue weighted by Gasteiger charge is 2.27. The highest BCUT2D eigenvalue weighted by atomic mass is 35.5. The van der Waals surface area contributed by atoms with Crippen LogP contribution in [0.15, 0.2) is 24.4 Å². The lowest BCUT2D eigenvalue weighted by Crippen LogP contribution is -2.16. The second-order valence-corrected chi connectivity index (χ2v) is 6.74. The Morgan fingerprint density at radius 3 is 2.69 bits per heavy atom. The van der Waals surface area contributed by atoms with E-state index in [1.165, 1.54) is 27.7 Å². The number of nitro groups is 1. The molecule has 152 valence electrons. The molecule has 0 aliphatic rings. The monoisotopic (exact) mass is 420 g/mol. The molecule has 3 rings (SSSR count). The molecular formula is C18H18ClFN6O3. The van der Waals surface area contributed by atoms with Crippen molar-refractivity contribution in [2.75, 3.05) is 5.32 Å². The third kappa shape index (κ3) is 3.97. The largest absolute Gasteiger partial charge is 0.320 e. The van der Waals surface area contributed by atoms with Gasteiger partial charge < -0.3 is 5.32 Å². The topological polar surface area (TPSA) is 108 Å². The fourth-order valence-electron chi connectivity index (χ4n) is 2.91. The van der Waals surface area contributed by atoms with E-state index in [2.05, 4.69) is 15.5 Å². The van der Waals surface area contributed by atoms with Crippen molar-refractivity contribution in [3.05, 3.63) is 68.0 Å². The Morgan fingerprint density at radius 1 is 1.34 bits per heavy atom. The quantitative estimate of drug-likeness (QED) is 0.483. The van der Waals surface area contributed by atoms with Crippen molar-refractivity contribution in [3.8, 4) is 0 Å². The second-order valence-electron chi connectivity index (χ2n) is 6.33. The Bertz CT molecular complexity index is 1090. The second kappa shape index (κ2) is 8.00. The van der Waals surface area contributed by atoms with Crippen LogP contribution in [0.3, 0.4) is 0 Å². The lowest BCUT2D eigenvalue weighted by molar-refractivity contribution is -0.385. The highest BCUT2D eigenvalue weighted by molar-refractivity contribution is 6.31. The molecule has 3 aromatic rings. The first-order valence-electron chi connectivity index (χ1n) is 8.73. The first kappa shape index (κ1) is 20.5. The van der Waals surface area contributed by atoms with Crippen molar-refractivity contribution in [2.45, 2.75) is 33.9 Å². The van der Waals surface area contributed by atoms with Gasteiger partial charge in [-0.05, 0) is 32.9 Å². The molecule has 0 saturated heterocycles. The normalized spacial score (nSPS) is 10.9. The number of aromatic nitrogens is 4. The zero-order valence-corrected chi connectivity index (χ0v) is 16.7. The minimum absolute atomic E-state index is 0.0681. The van der Waals surface area contributed by atoms with E-state index in [-0.39, 0.29) is 28.5 Å². The number of rotatable bonds is 6. The van der Waals surface area contributed by atoms with Gasteiger partial charge in [-0.2, -0.15) is 10.2 Å². The van der Waals surface area contributed by atoms with Gasteiger partial charge in [0.15, 0.2) is 0 Å². The maximum atomic E-state index is 14.1. The van der Waals surface area contributed by atoms with Gasteiger partial charge in [-0.3, -0.25) is 24.3 Å². The van der Waals surface area contributed by atoms with Crippen LogP contribution in [0.4, 0.5) is 15.8 Å². The van der Waals surface area contributed by atoms with Crippen LogP contribution in [-0.4, -0.2) is 30.4 Å². The van der Waals surface area contributed by atoms with Crippen molar-refractivity contribution in [1.82, 2.24) is 19.6 Å². The standard InChI is InChI=1S/C18H18ClFN6O3/c1-4-24-9-15(26(28)29)17(23-24)18(27)21-16-10(2)22-25(11(16)3)8-12-13(19)6-5-7-14(12)20/h5-7,9H,4,8H2,1-3H3,(H,21,27). The molecule has 29 heavy (non-hydrogen) atoms. The number of carbonyl (C=O) groups is 1. The number of nitrogens with zero attached hydrogens (tertiary/aromatic N) is 5. The molecular weight excluding hydrogens is 403 g/mol. The van der Waals surface area contributed by atoms with Crippen LogP contribution >= 0.6 is 11.6 Å². The summed E-state index contributed by atoms with van der Waals surface area (Å²) in [6.45, 7) is 5.57. The summed E-state index contributed by atoms with van der Waals surface area (Å²) in [7, 11) is 0. The number of hydrogen-bond donors (Lipinski definition) is 1. The van der Waals surface area contributed by atoms with Crippen LogP contribution in [0.5, 0.6) is 0 Å². The van der Waals surface area contributed by atoms with Gasteiger partial charge >= 0.3 is 5.69 Å². The van der Waals surface area contributed by atoms with E-state index < -0.39 is 16.6 Å². The van der Waals surface area contributed by atoms with E-state index in [0.717, 1.165) is 0 Å². The fraction of sp³-hybridized carbons (Fsp3) is 0.278. The molecule has 0 aliphatic carbocycles. The van der Waals surface area contributed by atoms with Gasteiger partial charge in [0.05, 0.1) is 28.5 Å². The molecule has 0 radical (unpaired) electrons. The number of halogens is 2. The molecule has 9 nitrogen and oxygen atoms in total. The number of amides is 1. The highest BCUT2D eigenvalue weighted by Crippen LogP contribution is 2.26. The smallest absolute Gasteiger partial charge is 0.317 e. The summed E-state index contributed by atoms with van der Waals surface area (Å²) >= 11 is 6.08. The molecule has 11 heteroatoms. The van der Waals surface area contributed by atoms with Crippen molar-refractivity contribution in [3.63, 3.8) is 0 Å². The van der Waals surface area contributed by atoms with Crippen LogP contribution < -0.4 is 5.32 Å². The molecule has 0 unspecified atom stereocenters. The number of carbonyl (C=O) groups excluding carboxylic acids is 1. The predicted octanol–water partition coefficient (Wildman–Crippen LogP) is 3.72. The number of nitrogens with one attached hydrogen (secondary N) is 1. The Kier molecular flexibility index (Phi) is 5.64. The number of aryl methyl sites for hydroxylation is 2. The molecule has 1 N–H and O–H groups in total. The van der Waals surface area contributed by atoms with Crippen LogP contribution in [0.2, 0.25) is 5.02 Å². The number of benzene rings is 1. The zero-order valence-electron chi connectivity index (χ0n) is 15.9. The fourth-order valence-corrected chi connectivity index (χ4v) is 3.13. The summed E-state index contributed by atoms with van der Waals surface area (Å²) in [6, 6.07) is 4.40. The molecule has 0 fully saturated rings. The van der Waals surface area contributed by atoms with Gasteiger partial charge in [0, 0.05) is 17.1 Å². The predicted molar refractivity (Wildman–Crippen MR) is 105 cm³/mol. The lowest BCUT2D eigenvalue weighted by atomic mass is 10.2. The minimum atomic E-state index is -0.724. The Hall–Kier alpha value is -3.27. The molecule has 0 atom stereocenters. The van der Waals surface area contributed by atoms with Gasteiger partial charge in [0.2, 0.25) is 5.69 Å². The van der Waals surface area contributed by atoms with Crippen LogP contribution in [-0.2, 0) is 13.1 Å². The average molecular weight is 421 g/mol. The summed E-state index contributed by atoms with van der Waals surface area (Å²) in [5.41, 5.74) is 0.997. The van der Waals surface area contributed by atoms with E-state index in [1.807, 2.05) is 0 Å². The maximum absolute atomic E-state index is 14.1. The maximum Gasteiger partial charge on any atom is 0.320 e. The van der Waals surface area contributed by atoms with Gasteiger partial charge in [-0.15, -0.1) is 0 Å². The molecule has 1 aromatic carbocycles. The molecule has 2 aromatic heterocycles. The van der Waals surface area contributed by atoms with Gasteiger partial charge in [0.1, 0.15) is 12.0 Å². The number of anilines is 1. The van der Waals surface area contributed by atoms with Gasteiger partial charge in [0.25, 0.3) is 5.91 Å². The minimum Gasteiger partial charge on any atom is -0.317 e. The first-order valence-corrected chi connectivity index (χ1v) is 9.10. The van der Waals surface area contributed by atoms with Crippen molar-refractivity contribution in [1.29, 1.82) is 0 Å². The molecule has 2 heterocycles. The lowest BCUT2D eigenvalue weighted by Gasteiger charge is -2.09. The summed E-state index contributed by atoms with van der Waals surface area (Å²) in [5, 5.41) is 22.4. The van der Waals surface area contributed by atoms with Crippen molar-refractivity contribution < 1.29 is 14.1 Å². The Labute approximate surface area is 170 Å². The summed E-state index contributed by atoms with van der Waals surface area (Å²) in [4.78, 5) is 23.2. The number of hydrogen-bond acceptors (Lipinski definition) is 5. The van der Waals surface area contributed by atoms with E-state index in [9.17, 15) is 19.3 Å². The third-order valence-corrected chi connectivity index (χ3v) is 4.82. The van der Waals surface area contributed by atoms with E-state index in [0.29, 0.717) is 23.6 Å². The van der Waals surface area contributed by atoms with Gasteiger partial charge in [-0.1, -0.05) is 17.7 Å². The van der Waals surface area contributed by atoms with Crippen LogP contribution in [0.25, 0.3) is 0 Å². The Balaban J connectivity index is 1.91. The van der Waals surface area contributed by atoms with E-state index in [1.54, 1.807) is 26.8 Å². The van der Waals surface area contributed by atoms with Crippen LogP contribution in [0, 0.1) is 29.8 Å². The molecule has 0 aliphatic heterocycles. The SMILES string of the molecule is CCn1cc([N+](=O)[O-])c(C(=O)Nc2c(C)nn(Cc3c(F)cccc3Cl)c2C)n1. The van der Waals surface area contributed by atoms with Crippen LogP contribution in [0.1, 0.15) is 34.4 Å². The summed E-state index contributed by atoms with van der Waals surface area (Å²) < 4.78 is 16.9. The van der Waals surface area contributed by atoms with Gasteiger partial charge in [-0.25, -0.2) is 4.39 Å². The average Bonchev–Trinajstić information content (AvgIpc) is 3.22. The third-order valence-electron chi connectivity index (χ3n) is 4.47. The van der Waals surface area contributed by atoms with E-state index in [4.69, 9.17) is 11.6 Å². The van der Waals surface area contributed by atoms with Crippen molar-refractivity contribution >= 4 is 28.9 Å². The molecule has 1 amide bonds. The first-order chi connectivity index (χ1) is 13.7. The van der Waals surface area contributed by atoms with Crippen molar-refractivity contribution in [2.24, 2.45) is 0 Å². The summed E-state index contributed by atoms with van der Waals surface area (Å²) in [6.07, 6.45) is 1.21. The van der Waals surface area contributed by atoms with E-state index >= 15 is 0 Å². The summed E-state index contributed by atoms with van der Waals surface area (Å²) in [5.74, 6) is -1.19.